The topological polar surface area (TPSA) is 153 Å². The molecule has 0 saturated carbocycles. The number of unbranched alkanes of at least 4 members (excludes halogenated alkanes) is 2. The Kier molecular flexibility index (Phi) is 11.6. The number of carboxylic acids is 1. The van der Waals surface area contributed by atoms with Gasteiger partial charge in [0.15, 0.2) is 13.3 Å². The molecule has 48 heavy (non-hydrogen) atoms. The monoisotopic (exact) mass is 697 g/mol. The van der Waals surface area contributed by atoms with Gasteiger partial charge in [-0.25, -0.2) is 0 Å². The lowest BCUT2D eigenvalue weighted by atomic mass is 9.77. The predicted molar refractivity (Wildman–Crippen MR) is 187 cm³/mol. The predicted octanol–water partition coefficient (Wildman–Crippen LogP) is 4.95. The molecule has 0 fully saturated rings. The van der Waals surface area contributed by atoms with E-state index < -0.39 is 38.1 Å². The van der Waals surface area contributed by atoms with Crippen LogP contribution >= 0.6 is 15.0 Å². The number of fused-ring (bicyclic) bond motifs is 2. The molecule has 2 aromatic rings. The molecule has 2 aromatic carbocycles. The normalized spacial score (nSPS) is 22.0. The molecule has 0 aliphatic carbocycles. The smallest absolute Gasteiger partial charge is 0.303 e. The van der Waals surface area contributed by atoms with Crippen molar-refractivity contribution < 1.29 is 43.0 Å². The van der Waals surface area contributed by atoms with Gasteiger partial charge in [-0.15, -0.1) is 0 Å². The SMILES string of the molecule is CCN1/C(=C/C=C/C=C/C2=[N+](CC)c3ccc(P(=O)([O-])OC)cc3C2(C)C)C(C)(CCCCCC(=O)O)c2cc(P(=O)([O-])CO)ccc21. The van der Waals surface area contributed by atoms with Gasteiger partial charge in [-0.1, -0.05) is 37.1 Å². The molecule has 4 rings (SSSR count). The number of likely N-dealkylation sites (N-methyl/N-ethyl adjacent to an activating group) is 1. The van der Waals surface area contributed by atoms with E-state index in [0.717, 1.165) is 46.8 Å². The molecule has 2 aliphatic rings. The molecule has 0 spiro atoms. The summed E-state index contributed by atoms with van der Waals surface area (Å²) in [6.07, 6.45) is 11.9. The van der Waals surface area contributed by atoms with E-state index in [4.69, 9.17) is 9.63 Å². The number of carboxylic acid groups (broad SMARTS) is 1. The first-order chi connectivity index (χ1) is 22.6. The van der Waals surface area contributed by atoms with Crippen molar-refractivity contribution in [3.8, 4) is 0 Å². The van der Waals surface area contributed by atoms with E-state index in [1.807, 2.05) is 43.4 Å². The number of rotatable bonds is 15. The molecule has 10 nitrogen and oxygen atoms in total. The molecule has 2 N–H and O–H groups in total. The van der Waals surface area contributed by atoms with E-state index in [9.17, 15) is 28.8 Å². The molecule has 0 aromatic heterocycles. The van der Waals surface area contributed by atoms with Crippen LogP contribution in [0.1, 0.15) is 77.8 Å². The zero-order chi connectivity index (χ0) is 35.5. The summed E-state index contributed by atoms with van der Waals surface area (Å²) >= 11 is 0. The summed E-state index contributed by atoms with van der Waals surface area (Å²) in [5, 5.41) is 18.9. The summed E-state index contributed by atoms with van der Waals surface area (Å²) in [4.78, 5) is 38.3. The first kappa shape index (κ1) is 37.7. The first-order valence-corrected chi connectivity index (χ1v) is 19.7. The minimum Gasteiger partial charge on any atom is -0.794 e. The number of allylic oxidation sites excluding steroid dienone is 6. The molecule has 0 saturated heterocycles. The third-order valence-electron chi connectivity index (χ3n) is 9.66. The van der Waals surface area contributed by atoms with E-state index >= 15 is 0 Å². The van der Waals surface area contributed by atoms with E-state index in [1.165, 1.54) is 7.11 Å². The number of aliphatic hydroxyl groups excluding tert-OH is 1. The van der Waals surface area contributed by atoms with Crippen LogP contribution in [-0.4, -0.2) is 53.0 Å². The number of aliphatic carboxylic acids is 1. The molecule has 2 heterocycles. The van der Waals surface area contributed by atoms with Gasteiger partial charge in [0.1, 0.15) is 6.54 Å². The fourth-order valence-corrected chi connectivity index (χ4v) is 8.55. The fraction of sp³-hybridized carbons (Fsp3) is 0.444. The second-order valence-electron chi connectivity index (χ2n) is 13.0. The number of benzene rings is 2. The Hall–Kier alpha value is -3.10. The van der Waals surface area contributed by atoms with Crippen molar-refractivity contribution in [3.05, 3.63) is 83.6 Å². The Morgan fingerprint density at radius 3 is 2.29 bits per heavy atom. The fourth-order valence-electron chi connectivity index (χ4n) is 7.01. The molecule has 0 radical (unpaired) electrons. The summed E-state index contributed by atoms with van der Waals surface area (Å²) in [7, 11) is -7.15. The Morgan fingerprint density at radius 2 is 1.67 bits per heavy atom. The number of hydrogen-bond donors (Lipinski definition) is 2. The van der Waals surface area contributed by atoms with Crippen LogP contribution in [-0.2, 0) is 29.3 Å². The molecule has 0 amide bonds. The van der Waals surface area contributed by atoms with Gasteiger partial charge >= 0.3 is 5.97 Å². The molecule has 12 heteroatoms. The zero-order valence-corrected chi connectivity index (χ0v) is 30.4. The maximum atomic E-state index is 12.6. The van der Waals surface area contributed by atoms with E-state index in [0.29, 0.717) is 25.9 Å². The maximum Gasteiger partial charge on any atom is 0.303 e. The summed E-state index contributed by atoms with van der Waals surface area (Å²) in [6.45, 7) is 11.7. The lowest BCUT2D eigenvalue weighted by molar-refractivity contribution is -0.433. The van der Waals surface area contributed by atoms with Gasteiger partial charge in [0.25, 0.3) is 0 Å². The molecule has 260 valence electrons. The number of hydrogen-bond acceptors (Lipinski definition) is 8. The van der Waals surface area contributed by atoms with Crippen molar-refractivity contribution in [1.82, 2.24) is 0 Å². The van der Waals surface area contributed by atoms with Gasteiger partial charge < -0.3 is 38.6 Å². The van der Waals surface area contributed by atoms with Gasteiger partial charge in [0.2, 0.25) is 5.69 Å². The Bertz CT molecular complexity index is 1780. The van der Waals surface area contributed by atoms with Gasteiger partial charge in [-0.2, -0.15) is 4.58 Å². The van der Waals surface area contributed by atoms with Crippen LogP contribution in [0.5, 0.6) is 0 Å². The molecule has 0 bridgehead atoms. The van der Waals surface area contributed by atoms with Crippen molar-refractivity contribution in [1.29, 1.82) is 0 Å². The third kappa shape index (κ3) is 7.25. The van der Waals surface area contributed by atoms with Gasteiger partial charge in [0, 0.05) is 65.2 Å². The Labute approximate surface area is 283 Å². The average Bonchev–Trinajstić information content (AvgIpc) is 3.42. The molecular formula is C36H47N2O8P2-. The number of aliphatic hydroxyl groups is 1. The lowest BCUT2D eigenvalue weighted by Gasteiger charge is -2.30. The summed E-state index contributed by atoms with van der Waals surface area (Å²) < 4.78 is 32.0. The van der Waals surface area contributed by atoms with Crippen LogP contribution in [0.25, 0.3) is 0 Å². The highest BCUT2D eigenvalue weighted by Crippen LogP contribution is 2.51. The number of carbonyl (C=O) groups is 1. The highest BCUT2D eigenvalue weighted by atomic mass is 31.2. The zero-order valence-electron chi connectivity index (χ0n) is 28.6. The van der Waals surface area contributed by atoms with E-state index in [2.05, 4.69) is 37.2 Å². The summed E-state index contributed by atoms with van der Waals surface area (Å²) in [5.41, 5.74) is 4.68. The number of anilines is 1. The minimum atomic E-state index is -4.17. The Balaban J connectivity index is 1.67. The third-order valence-corrected chi connectivity index (χ3v) is 12.5. The largest absolute Gasteiger partial charge is 0.794 e. The second kappa shape index (κ2) is 14.8. The van der Waals surface area contributed by atoms with Gasteiger partial charge in [-0.05, 0) is 83.4 Å². The van der Waals surface area contributed by atoms with Crippen LogP contribution < -0.4 is 25.3 Å². The maximum absolute atomic E-state index is 12.6. The number of nitrogens with zero attached hydrogens (tertiary/aromatic N) is 2. The van der Waals surface area contributed by atoms with Crippen LogP contribution in [0.2, 0.25) is 0 Å². The van der Waals surface area contributed by atoms with Crippen LogP contribution in [0.15, 0.2) is 72.5 Å². The Morgan fingerprint density at radius 1 is 0.979 bits per heavy atom. The summed E-state index contributed by atoms with van der Waals surface area (Å²) in [6, 6.07) is 10.2. The van der Waals surface area contributed by atoms with Crippen LogP contribution in [0.3, 0.4) is 0 Å². The van der Waals surface area contributed by atoms with E-state index in [1.54, 1.807) is 30.3 Å². The van der Waals surface area contributed by atoms with Crippen LogP contribution in [0, 0.1) is 0 Å². The van der Waals surface area contributed by atoms with Crippen molar-refractivity contribution in [2.45, 2.75) is 77.6 Å². The van der Waals surface area contributed by atoms with Crippen LogP contribution in [0.4, 0.5) is 11.4 Å². The quantitative estimate of drug-likeness (QED) is 0.114. The van der Waals surface area contributed by atoms with E-state index in [-0.39, 0.29) is 17.0 Å². The molecule has 2 aliphatic heterocycles. The summed E-state index contributed by atoms with van der Waals surface area (Å²) in [5.74, 6) is -0.822. The molecule has 3 unspecified atom stereocenters. The van der Waals surface area contributed by atoms with Crippen molar-refractivity contribution in [2.24, 2.45) is 0 Å². The standard InChI is InChI=1S/C36H48N2O8P2/c1-7-37-30-21-19-27(48(44,45)46-6)24-28(30)35(3,4)32(37)15-11-9-12-16-33-36(5,22-14-10-13-17-34(40)41)29-23-26(47(42,43)25-39)18-20-31(29)38(33)8-2/h9,11-12,15-16,18-21,23-24,39H,7-8,10,13-14,17,22,25H2,1-6H3,(H2-,40,41,42,43,44,45)/p-1. The molecular weight excluding hydrogens is 650 g/mol. The minimum absolute atomic E-state index is 0.0988. The first-order valence-electron chi connectivity index (χ1n) is 16.4. The second-order valence-corrected chi connectivity index (χ2v) is 17.0. The van der Waals surface area contributed by atoms with Crippen molar-refractivity contribution >= 4 is 48.6 Å². The highest BCUT2D eigenvalue weighted by Gasteiger charge is 2.45. The van der Waals surface area contributed by atoms with Gasteiger partial charge in [0.05, 0.1) is 19.1 Å². The lowest BCUT2D eigenvalue weighted by Crippen LogP contribution is -2.29. The molecule has 3 atom stereocenters. The van der Waals surface area contributed by atoms with Gasteiger partial charge in [-0.3, -0.25) is 4.79 Å². The van der Waals surface area contributed by atoms with Crippen molar-refractivity contribution in [3.63, 3.8) is 0 Å². The van der Waals surface area contributed by atoms with Crippen molar-refractivity contribution in [2.75, 3.05) is 31.4 Å². The average molecular weight is 698 g/mol. The highest BCUT2D eigenvalue weighted by molar-refractivity contribution is 7.64.